The third-order valence-corrected chi connectivity index (χ3v) is 4.03. The van der Waals surface area contributed by atoms with Gasteiger partial charge in [-0.25, -0.2) is 0 Å². The van der Waals surface area contributed by atoms with Gasteiger partial charge in [-0.2, -0.15) is 0 Å². The van der Waals surface area contributed by atoms with E-state index in [4.69, 9.17) is 10.5 Å². The summed E-state index contributed by atoms with van der Waals surface area (Å²) in [7, 11) is 0. The van der Waals surface area contributed by atoms with Crippen molar-refractivity contribution < 1.29 is 4.74 Å². The van der Waals surface area contributed by atoms with E-state index < -0.39 is 0 Å². The number of aryl methyl sites for hydroxylation is 2. The first-order valence-corrected chi connectivity index (χ1v) is 7.54. The normalized spacial score (nSPS) is 10.7. The Labute approximate surface area is 129 Å². The molecule has 0 unspecified atom stereocenters. The molecule has 0 saturated heterocycles. The Morgan fingerprint density at radius 2 is 1.80 bits per heavy atom. The van der Waals surface area contributed by atoms with Gasteiger partial charge in [-0.1, -0.05) is 12.1 Å². The molecule has 0 heterocycles. The Bertz CT molecular complexity index is 623. The van der Waals surface area contributed by atoms with Crippen LogP contribution in [0.3, 0.4) is 0 Å². The van der Waals surface area contributed by atoms with Gasteiger partial charge in [0, 0.05) is 0 Å². The van der Waals surface area contributed by atoms with Gasteiger partial charge in [0.1, 0.15) is 11.5 Å². The lowest BCUT2D eigenvalue weighted by Gasteiger charge is -2.14. The van der Waals surface area contributed by atoms with Gasteiger partial charge in [0.2, 0.25) is 0 Å². The van der Waals surface area contributed by atoms with Crippen molar-refractivity contribution in [3.63, 3.8) is 0 Å². The number of hydrogen-bond donors (Lipinski definition) is 1. The number of hydrogen-bond acceptors (Lipinski definition) is 2. The first kappa shape index (κ1) is 15.1. The van der Waals surface area contributed by atoms with E-state index in [2.05, 4.69) is 61.0 Å². The van der Waals surface area contributed by atoms with Gasteiger partial charge >= 0.3 is 0 Å². The highest BCUT2D eigenvalue weighted by Crippen LogP contribution is 2.33. The number of nitrogens with two attached hydrogens (primary N) is 1. The summed E-state index contributed by atoms with van der Waals surface area (Å²) in [6.07, 6.45) is 0.876. The monoisotopic (exact) mass is 333 g/mol. The van der Waals surface area contributed by atoms with Gasteiger partial charge < -0.3 is 10.5 Å². The largest absolute Gasteiger partial charge is 0.456 e. The quantitative estimate of drug-likeness (QED) is 0.882. The fourth-order valence-electron chi connectivity index (χ4n) is 2.17. The molecule has 2 nitrogen and oxygen atoms in total. The van der Waals surface area contributed by atoms with Crippen LogP contribution in [0.15, 0.2) is 34.8 Å². The van der Waals surface area contributed by atoms with Gasteiger partial charge in [-0.05, 0) is 90.1 Å². The predicted molar refractivity (Wildman–Crippen MR) is 87.6 cm³/mol. The van der Waals surface area contributed by atoms with Crippen LogP contribution in [0.1, 0.15) is 22.3 Å². The number of halogens is 1. The molecule has 106 valence electrons. The highest BCUT2D eigenvalue weighted by molar-refractivity contribution is 9.10. The van der Waals surface area contributed by atoms with Crippen LogP contribution in [0, 0.1) is 20.8 Å². The first-order chi connectivity index (χ1) is 9.51. The molecule has 20 heavy (non-hydrogen) atoms. The Hall–Kier alpha value is -1.32. The van der Waals surface area contributed by atoms with Crippen molar-refractivity contribution in [3.05, 3.63) is 57.1 Å². The van der Waals surface area contributed by atoms with Crippen LogP contribution < -0.4 is 10.5 Å². The highest BCUT2D eigenvalue weighted by atomic mass is 79.9. The maximum Gasteiger partial charge on any atom is 0.141 e. The van der Waals surface area contributed by atoms with Crippen LogP contribution in [-0.4, -0.2) is 6.54 Å². The maximum absolute atomic E-state index is 6.06. The molecule has 2 N–H and O–H groups in total. The molecular formula is C17H20BrNO. The molecule has 2 aromatic carbocycles. The Kier molecular flexibility index (Phi) is 4.84. The molecule has 2 aromatic rings. The summed E-state index contributed by atoms with van der Waals surface area (Å²) in [4.78, 5) is 0. The summed E-state index contributed by atoms with van der Waals surface area (Å²) in [6.45, 7) is 6.93. The third-order valence-electron chi connectivity index (χ3n) is 3.41. The number of ether oxygens (including phenoxy) is 1. The first-order valence-electron chi connectivity index (χ1n) is 6.75. The van der Waals surface area contributed by atoms with Crippen LogP contribution in [0.2, 0.25) is 0 Å². The van der Waals surface area contributed by atoms with Crippen LogP contribution in [0.25, 0.3) is 0 Å². The zero-order valence-electron chi connectivity index (χ0n) is 12.2. The molecule has 0 radical (unpaired) electrons. The second-order valence-electron chi connectivity index (χ2n) is 5.11. The minimum Gasteiger partial charge on any atom is -0.456 e. The molecule has 0 aliphatic carbocycles. The molecule has 0 aliphatic rings. The standard InChI is InChI=1S/C17H20BrNO/c1-11-8-12(2)13(3)17(9-11)20-16-5-4-14(6-7-19)10-15(16)18/h4-5,8-10H,6-7,19H2,1-3H3. The molecule has 0 fully saturated rings. The second-order valence-corrected chi connectivity index (χ2v) is 5.96. The topological polar surface area (TPSA) is 35.2 Å². The van der Waals surface area contributed by atoms with Crippen molar-refractivity contribution in [2.24, 2.45) is 5.73 Å². The predicted octanol–water partition coefficient (Wildman–Crippen LogP) is 4.67. The minimum absolute atomic E-state index is 0.656. The fourth-order valence-corrected chi connectivity index (χ4v) is 2.68. The Morgan fingerprint density at radius 1 is 1.05 bits per heavy atom. The molecule has 0 amide bonds. The second kappa shape index (κ2) is 6.42. The van der Waals surface area contributed by atoms with Gasteiger partial charge in [0.05, 0.1) is 4.47 Å². The lowest BCUT2D eigenvalue weighted by atomic mass is 10.1. The van der Waals surface area contributed by atoms with E-state index in [0.717, 1.165) is 22.4 Å². The molecule has 0 atom stereocenters. The molecule has 3 heteroatoms. The zero-order chi connectivity index (χ0) is 14.7. The zero-order valence-corrected chi connectivity index (χ0v) is 13.8. The fraction of sp³-hybridized carbons (Fsp3) is 0.294. The summed E-state index contributed by atoms with van der Waals surface area (Å²) in [6, 6.07) is 10.4. The minimum atomic E-state index is 0.656. The van der Waals surface area contributed by atoms with Gasteiger partial charge in [0.15, 0.2) is 0 Å². The SMILES string of the molecule is Cc1cc(C)c(C)c(Oc2ccc(CCN)cc2Br)c1. The Balaban J connectivity index is 2.31. The smallest absolute Gasteiger partial charge is 0.141 e. The molecule has 2 rings (SSSR count). The van der Waals surface area contributed by atoms with Crippen LogP contribution in [0.4, 0.5) is 0 Å². The third kappa shape index (κ3) is 3.41. The lowest BCUT2D eigenvalue weighted by molar-refractivity contribution is 0.474. The maximum atomic E-state index is 6.06. The van der Waals surface area contributed by atoms with E-state index in [0.29, 0.717) is 6.54 Å². The van der Waals surface area contributed by atoms with Crippen molar-refractivity contribution in [2.45, 2.75) is 27.2 Å². The molecule has 0 saturated carbocycles. The molecular weight excluding hydrogens is 314 g/mol. The van der Waals surface area contributed by atoms with E-state index in [1.54, 1.807) is 0 Å². The molecule has 0 aliphatic heterocycles. The van der Waals surface area contributed by atoms with Gasteiger partial charge in [-0.3, -0.25) is 0 Å². The average Bonchev–Trinajstić information content (AvgIpc) is 2.38. The van der Waals surface area contributed by atoms with Gasteiger partial charge in [-0.15, -0.1) is 0 Å². The van der Waals surface area contributed by atoms with Crippen molar-refractivity contribution in [3.8, 4) is 11.5 Å². The Morgan fingerprint density at radius 3 is 2.45 bits per heavy atom. The molecule has 0 bridgehead atoms. The van der Waals surface area contributed by atoms with E-state index in [1.165, 1.54) is 22.3 Å². The van der Waals surface area contributed by atoms with Crippen molar-refractivity contribution >= 4 is 15.9 Å². The van der Waals surface area contributed by atoms with Crippen molar-refractivity contribution in [2.75, 3.05) is 6.54 Å². The van der Waals surface area contributed by atoms with Crippen LogP contribution >= 0.6 is 15.9 Å². The van der Waals surface area contributed by atoms with Crippen LogP contribution in [0.5, 0.6) is 11.5 Å². The summed E-state index contributed by atoms with van der Waals surface area (Å²) in [5.74, 6) is 1.74. The average molecular weight is 334 g/mol. The summed E-state index contributed by atoms with van der Waals surface area (Å²) >= 11 is 3.57. The summed E-state index contributed by atoms with van der Waals surface area (Å²) in [5.41, 5.74) is 10.4. The van der Waals surface area contributed by atoms with E-state index in [9.17, 15) is 0 Å². The van der Waals surface area contributed by atoms with E-state index >= 15 is 0 Å². The highest BCUT2D eigenvalue weighted by Gasteiger charge is 2.08. The van der Waals surface area contributed by atoms with Crippen molar-refractivity contribution in [1.29, 1.82) is 0 Å². The van der Waals surface area contributed by atoms with E-state index in [1.807, 2.05) is 6.07 Å². The van der Waals surface area contributed by atoms with Gasteiger partial charge in [0.25, 0.3) is 0 Å². The molecule has 0 spiro atoms. The summed E-state index contributed by atoms with van der Waals surface area (Å²) in [5, 5.41) is 0. The summed E-state index contributed by atoms with van der Waals surface area (Å²) < 4.78 is 7.02. The molecule has 0 aromatic heterocycles. The number of rotatable bonds is 4. The van der Waals surface area contributed by atoms with Crippen molar-refractivity contribution in [1.82, 2.24) is 0 Å². The van der Waals surface area contributed by atoms with Crippen LogP contribution in [-0.2, 0) is 6.42 Å². The van der Waals surface area contributed by atoms with E-state index in [-0.39, 0.29) is 0 Å². The lowest BCUT2D eigenvalue weighted by Crippen LogP contribution is -2.02. The number of benzene rings is 2.